The molecule has 1 aromatic rings. The molecule has 0 aliphatic heterocycles. The zero-order chi connectivity index (χ0) is 14.1. The molecule has 0 aromatic carbocycles. The lowest BCUT2D eigenvalue weighted by Gasteiger charge is -2.24. The number of rotatable bonds is 5. The molecule has 3 N–H and O–H groups in total. The number of halogens is 1. The first-order valence-corrected chi connectivity index (χ1v) is 8.21. The molecule has 0 saturated heterocycles. The summed E-state index contributed by atoms with van der Waals surface area (Å²) in [5, 5.41) is 0. The number of hydrogen-bond donors (Lipinski definition) is 2. The third-order valence-electron chi connectivity index (χ3n) is 2.16. The molecular weight excluding hydrogens is 340 g/mol. The van der Waals surface area contributed by atoms with Gasteiger partial charge in [0.15, 0.2) is 0 Å². The maximum Gasteiger partial charge on any atom is 0.242 e. The van der Waals surface area contributed by atoms with E-state index >= 15 is 0 Å². The van der Waals surface area contributed by atoms with Crippen LogP contribution in [0.2, 0.25) is 0 Å². The van der Waals surface area contributed by atoms with Crippen LogP contribution in [-0.4, -0.2) is 19.9 Å². The van der Waals surface area contributed by atoms with Gasteiger partial charge in [-0.1, -0.05) is 0 Å². The van der Waals surface area contributed by atoms with Crippen molar-refractivity contribution in [2.45, 2.75) is 37.6 Å². The van der Waals surface area contributed by atoms with Gasteiger partial charge in [-0.3, -0.25) is 4.79 Å². The highest BCUT2D eigenvalue weighted by atomic mass is 79.9. The molecule has 1 heterocycles. The van der Waals surface area contributed by atoms with E-state index in [4.69, 9.17) is 5.73 Å². The van der Waals surface area contributed by atoms with Crippen molar-refractivity contribution in [3.05, 3.63) is 14.7 Å². The van der Waals surface area contributed by atoms with E-state index in [1.165, 1.54) is 11.3 Å². The second-order valence-electron chi connectivity index (χ2n) is 4.60. The van der Waals surface area contributed by atoms with E-state index in [2.05, 4.69) is 20.7 Å². The number of nitrogens with two attached hydrogens (primary N) is 1. The third kappa shape index (κ3) is 4.04. The molecule has 0 spiro atoms. The summed E-state index contributed by atoms with van der Waals surface area (Å²) < 4.78 is 27.6. The van der Waals surface area contributed by atoms with Crippen LogP contribution in [0.25, 0.3) is 0 Å². The Morgan fingerprint density at radius 1 is 1.56 bits per heavy atom. The van der Waals surface area contributed by atoms with Gasteiger partial charge in [0.2, 0.25) is 15.9 Å². The molecule has 102 valence electrons. The standard InChI is InChI=1S/C10H15BrN2O3S2/c1-6-7(4-8(11)17-6)18(15,16)13-10(2,3)5-9(12)14/h4,13H,5H2,1-3H3,(H2,12,14). The number of hydrogen-bond acceptors (Lipinski definition) is 4. The van der Waals surface area contributed by atoms with Crippen LogP contribution in [-0.2, 0) is 14.8 Å². The molecule has 0 unspecified atom stereocenters. The second kappa shape index (κ2) is 5.28. The molecule has 0 radical (unpaired) electrons. The average molecular weight is 355 g/mol. The molecular formula is C10H15BrN2O3S2. The van der Waals surface area contributed by atoms with Gasteiger partial charge in [0.05, 0.1) is 8.68 Å². The molecule has 0 atom stereocenters. The predicted octanol–water partition coefficient (Wildman–Crippen LogP) is 1.75. The Hall–Kier alpha value is -0.440. The maximum absolute atomic E-state index is 12.2. The van der Waals surface area contributed by atoms with Gasteiger partial charge in [0, 0.05) is 16.8 Å². The van der Waals surface area contributed by atoms with Crippen LogP contribution < -0.4 is 10.5 Å². The average Bonchev–Trinajstić information content (AvgIpc) is 2.40. The molecule has 1 amide bonds. The number of carbonyl (C=O) groups excluding carboxylic acids is 1. The van der Waals surface area contributed by atoms with E-state index in [-0.39, 0.29) is 11.3 Å². The van der Waals surface area contributed by atoms with Crippen molar-refractivity contribution < 1.29 is 13.2 Å². The minimum Gasteiger partial charge on any atom is -0.370 e. The van der Waals surface area contributed by atoms with Gasteiger partial charge in [-0.05, 0) is 42.8 Å². The topological polar surface area (TPSA) is 89.3 Å². The quantitative estimate of drug-likeness (QED) is 0.843. The molecule has 1 rings (SSSR count). The van der Waals surface area contributed by atoms with E-state index in [0.29, 0.717) is 4.88 Å². The van der Waals surface area contributed by atoms with Gasteiger partial charge >= 0.3 is 0 Å². The van der Waals surface area contributed by atoms with Crippen LogP contribution in [0.1, 0.15) is 25.1 Å². The van der Waals surface area contributed by atoms with Gasteiger partial charge in [-0.25, -0.2) is 13.1 Å². The Kier molecular flexibility index (Phi) is 4.58. The van der Waals surface area contributed by atoms with Crippen LogP contribution in [0.5, 0.6) is 0 Å². The summed E-state index contributed by atoms with van der Waals surface area (Å²) in [6.07, 6.45) is -0.0589. The van der Waals surface area contributed by atoms with Crippen LogP contribution >= 0.6 is 27.3 Å². The highest BCUT2D eigenvalue weighted by molar-refractivity contribution is 9.11. The molecule has 18 heavy (non-hydrogen) atoms. The van der Waals surface area contributed by atoms with Crippen molar-refractivity contribution in [1.82, 2.24) is 4.72 Å². The molecule has 8 heteroatoms. The number of carbonyl (C=O) groups is 1. The summed E-state index contributed by atoms with van der Waals surface area (Å²) in [5.74, 6) is -0.550. The largest absolute Gasteiger partial charge is 0.370 e. The van der Waals surface area contributed by atoms with Crippen molar-refractivity contribution in [1.29, 1.82) is 0 Å². The highest BCUT2D eigenvalue weighted by Crippen LogP contribution is 2.30. The van der Waals surface area contributed by atoms with E-state index in [1.54, 1.807) is 26.8 Å². The zero-order valence-corrected chi connectivity index (χ0v) is 13.5. The van der Waals surface area contributed by atoms with Crippen LogP contribution in [0.3, 0.4) is 0 Å². The van der Waals surface area contributed by atoms with Gasteiger partial charge < -0.3 is 5.73 Å². The summed E-state index contributed by atoms with van der Waals surface area (Å²) in [7, 11) is -3.65. The van der Waals surface area contributed by atoms with Gasteiger partial charge in [-0.2, -0.15) is 0 Å². The molecule has 0 fully saturated rings. The first-order valence-electron chi connectivity index (χ1n) is 5.12. The van der Waals surface area contributed by atoms with E-state index < -0.39 is 21.5 Å². The molecule has 0 aliphatic rings. The van der Waals surface area contributed by atoms with Gasteiger partial charge in [0.25, 0.3) is 0 Å². The normalized spacial score (nSPS) is 12.7. The Morgan fingerprint density at radius 3 is 2.50 bits per heavy atom. The van der Waals surface area contributed by atoms with Crippen LogP contribution in [0.15, 0.2) is 14.7 Å². The van der Waals surface area contributed by atoms with Gasteiger partial charge in [-0.15, -0.1) is 11.3 Å². The number of aryl methyl sites for hydroxylation is 1. The fourth-order valence-corrected chi connectivity index (χ4v) is 5.42. The fourth-order valence-electron chi connectivity index (χ4n) is 1.59. The first kappa shape index (κ1) is 15.6. The van der Waals surface area contributed by atoms with Crippen molar-refractivity contribution in [3.8, 4) is 0 Å². The highest BCUT2D eigenvalue weighted by Gasteiger charge is 2.29. The Bertz CT molecular complexity index is 564. The first-order chi connectivity index (χ1) is 8.03. The number of primary amides is 1. The van der Waals surface area contributed by atoms with E-state index in [9.17, 15) is 13.2 Å². The van der Waals surface area contributed by atoms with Crippen molar-refractivity contribution in [3.63, 3.8) is 0 Å². The van der Waals surface area contributed by atoms with Crippen LogP contribution in [0.4, 0.5) is 0 Å². The van der Waals surface area contributed by atoms with E-state index in [0.717, 1.165) is 3.79 Å². The number of thiophene rings is 1. The SMILES string of the molecule is Cc1sc(Br)cc1S(=O)(=O)NC(C)(C)CC(N)=O. The smallest absolute Gasteiger partial charge is 0.242 e. The lowest BCUT2D eigenvalue weighted by molar-refractivity contribution is -0.119. The summed E-state index contributed by atoms with van der Waals surface area (Å²) in [4.78, 5) is 11.8. The lowest BCUT2D eigenvalue weighted by Crippen LogP contribution is -2.45. The van der Waals surface area contributed by atoms with Crippen molar-refractivity contribution in [2.75, 3.05) is 0 Å². The third-order valence-corrected chi connectivity index (χ3v) is 5.67. The second-order valence-corrected chi connectivity index (χ2v) is 8.89. The summed E-state index contributed by atoms with van der Waals surface area (Å²) in [5.41, 5.74) is 4.18. The minimum absolute atomic E-state index is 0.0589. The van der Waals surface area contributed by atoms with Gasteiger partial charge in [0.1, 0.15) is 0 Å². The fraction of sp³-hybridized carbons (Fsp3) is 0.500. The minimum atomic E-state index is -3.65. The molecule has 0 saturated carbocycles. The Morgan fingerprint density at radius 2 is 2.11 bits per heavy atom. The lowest BCUT2D eigenvalue weighted by atomic mass is 10.0. The molecule has 0 aliphatic carbocycles. The van der Waals surface area contributed by atoms with Crippen LogP contribution in [0, 0.1) is 6.92 Å². The monoisotopic (exact) mass is 354 g/mol. The Balaban J connectivity index is 3.02. The van der Waals surface area contributed by atoms with Crippen molar-refractivity contribution in [2.24, 2.45) is 5.73 Å². The molecule has 5 nitrogen and oxygen atoms in total. The Labute approximate surface area is 119 Å². The molecule has 1 aromatic heterocycles. The summed E-state index contributed by atoms with van der Waals surface area (Å²) in [6, 6.07) is 1.54. The molecule has 0 bridgehead atoms. The number of sulfonamides is 1. The number of nitrogens with one attached hydrogen (secondary N) is 1. The van der Waals surface area contributed by atoms with E-state index in [1.807, 2.05) is 0 Å². The zero-order valence-electron chi connectivity index (χ0n) is 10.3. The predicted molar refractivity (Wildman–Crippen MR) is 75.0 cm³/mol. The number of amides is 1. The maximum atomic E-state index is 12.2. The summed E-state index contributed by atoms with van der Waals surface area (Å²) in [6.45, 7) is 4.96. The summed E-state index contributed by atoms with van der Waals surface area (Å²) >= 11 is 4.59. The van der Waals surface area contributed by atoms with Crippen molar-refractivity contribution >= 4 is 43.2 Å².